The van der Waals surface area contributed by atoms with Crippen LogP contribution in [0.2, 0.25) is 0 Å². The van der Waals surface area contributed by atoms with Gasteiger partial charge in [0, 0.05) is 23.7 Å². The summed E-state index contributed by atoms with van der Waals surface area (Å²) < 4.78 is 0. The van der Waals surface area contributed by atoms with Gasteiger partial charge in [-0.05, 0) is 73.7 Å². The minimum Gasteiger partial charge on any atom is -0.393 e. The summed E-state index contributed by atoms with van der Waals surface area (Å²) in [6.45, 7) is 14.4. The van der Waals surface area contributed by atoms with Crippen molar-refractivity contribution in [3.05, 3.63) is 24.3 Å². The van der Waals surface area contributed by atoms with E-state index in [1.54, 1.807) is 0 Å². The molecule has 0 amide bonds. The molecule has 0 aromatic heterocycles. The molecule has 3 saturated carbocycles. The largest absolute Gasteiger partial charge is 0.393 e. The molecular formula is C28H44O3. The molecule has 2 spiro atoms. The molecule has 1 saturated heterocycles. The lowest BCUT2D eigenvalue weighted by molar-refractivity contribution is -0.497. The Bertz CT molecular complexity index is 772. The van der Waals surface area contributed by atoms with Gasteiger partial charge < -0.3 is 5.11 Å². The fraction of sp³-hybridized carbons (Fsp3) is 0.857. The summed E-state index contributed by atoms with van der Waals surface area (Å²) in [7, 11) is 0. The Kier molecular flexibility index (Phi) is 5.13. The summed E-state index contributed by atoms with van der Waals surface area (Å²) in [6, 6.07) is 0. The molecule has 4 aliphatic carbocycles. The van der Waals surface area contributed by atoms with Gasteiger partial charge in [0.1, 0.15) is 11.2 Å². The number of hydrogen-bond acceptors (Lipinski definition) is 3. The van der Waals surface area contributed by atoms with E-state index in [0.29, 0.717) is 41.9 Å². The lowest BCUT2D eigenvalue weighted by Gasteiger charge is -2.69. The highest BCUT2D eigenvalue weighted by atomic mass is 17.2. The number of fused-ring (bicyclic) bond motifs is 2. The van der Waals surface area contributed by atoms with E-state index < -0.39 is 5.60 Å². The molecule has 1 N–H and O–H groups in total. The van der Waals surface area contributed by atoms with Crippen LogP contribution in [0, 0.1) is 46.3 Å². The van der Waals surface area contributed by atoms with Crippen molar-refractivity contribution in [3.63, 3.8) is 0 Å². The first-order valence-corrected chi connectivity index (χ1v) is 13.0. The normalized spacial score (nSPS) is 52.8. The molecule has 3 heteroatoms. The maximum atomic E-state index is 10.4. The molecule has 2 aliphatic heterocycles. The monoisotopic (exact) mass is 428 g/mol. The van der Waals surface area contributed by atoms with Crippen LogP contribution in [0.1, 0.15) is 86.5 Å². The highest BCUT2D eigenvalue weighted by Crippen LogP contribution is 2.72. The molecule has 1 unspecified atom stereocenters. The average molecular weight is 429 g/mol. The molecule has 2 bridgehead atoms. The minimum atomic E-state index is -0.439. The summed E-state index contributed by atoms with van der Waals surface area (Å²) in [5.41, 5.74) is -0.366. The Balaban J connectivity index is 1.45. The average Bonchev–Trinajstić information content (AvgIpc) is 3.09. The topological polar surface area (TPSA) is 38.7 Å². The second kappa shape index (κ2) is 7.18. The third-order valence-corrected chi connectivity index (χ3v) is 11.1. The smallest absolute Gasteiger partial charge is 0.130 e. The van der Waals surface area contributed by atoms with Crippen LogP contribution >= 0.6 is 0 Å². The molecule has 2 heterocycles. The quantitative estimate of drug-likeness (QED) is 0.412. The molecule has 174 valence electrons. The van der Waals surface area contributed by atoms with Crippen LogP contribution in [-0.2, 0) is 9.78 Å². The number of rotatable bonds is 4. The fourth-order valence-corrected chi connectivity index (χ4v) is 8.71. The van der Waals surface area contributed by atoms with E-state index in [1.807, 2.05) is 0 Å². The standard InChI is InChI=1S/C28H44O3/c1-18(2)19(3)7-8-20(4)22-9-10-23-25(22,5)13-12-24-26(6)14-11-21(29)17-27(26)15-16-28(23,24)31-30-27/h7-8,15-16,18-24,29H,9-14,17H2,1-6H3/t19-,20+,21-,22+,23+,24?,25+,26+,27+,28-/m0/s1. The highest BCUT2D eigenvalue weighted by Gasteiger charge is 2.74. The molecular weight excluding hydrogens is 384 g/mol. The van der Waals surface area contributed by atoms with Crippen LogP contribution in [0.15, 0.2) is 24.3 Å². The Morgan fingerprint density at radius 3 is 2.35 bits per heavy atom. The fourth-order valence-electron chi connectivity index (χ4n) is 8.71. The summed E-state index contributed by atoms with van der Waals surface area (Å²) >= 11 is 0. The van der Waals surface area contributed by atoms with Gasteiger partial charge >= 0.3 is 0 Å². The molecule has 0 aromatic carbocycles. The molecule has 3 nitrogen and oxygen atoms in total. The predicted molar refractivity (Wildman–Crippen MR) is 124 cm³/mol. The summed E-state index contributed by atoms with van der Waals surface area (Å²) in [5, 5.41) is 10.4. The third-order valence-electron chi connectivity index (χ3n) is 11.1. The maximum absolute atomic E-state index is 10.4. The van der Waals surface area contributed by atoms with Crippen molar-refractivity contribution in [2.75, 3.05) is 0 Å². The molecule has 10 atom stereocenters. The lowest BCUT2D eigenvalue weighted by Crippen LogP contribution is -2.73. The van der Waals surface area contributed by atoms with Crippen LogP contribution in [0.4, 0.5) is 0 Å². The van der Waals surface area contributed by atoms with E-state index in [9.17, 15) is 5.11 Å². The Morgan fingerprint density at radius 1 is 0.903 bits per heavy atom. The SMILES string of the molecule is CC(C)[C@@H](C)C=C[C@@H](C)[C@H]1CC[C@@H]2[C@]1(C)CCC1[C@]23C=C[C@]2(C[C@@H](O)CC[C@]12C)OO3. The number of aliphatic hydroxyl groups excluding tert-OH is 1. The van der Waals surface area contributed by atoms with Crippen molar-refractivity contribution in [2.24, 2.45) is 46.3 Å². The van der Waals surface area contributed by atoms with E-state index in [-0.39, 0.29) is 22.5 Å². The molecule has 31 heavy (non-hydrogen) atoms. The van der Waals surface area contributed by atoms with Gasteiger partial charge in [0.25, 0.3) is 0 Å². The van der Waals surface area contributed by atoms with Crippen molar-refractivity contribution in [1.82, 2.24) is 0 Å². The lowest BCUT2D eigenvalue weighted by atomic mass is 9.43. The molecule has 6 rings (SSSR count). The van der Waals surface area contributed by atoms with Gasteiger partial charge in [0.15, 0.2) is 0 Å². The van der Waals surface area contributed by atoms with Crippen LogP contribution in [0.3, 0.4) is 0 Å². The van der Waals surface area contributed by atoms with Crippen molar-refractivity contribution in [1.29, 1.82) is 0 Å². The van der Waals surface area contributed by atoms with Crippen molar-refractivity contribution < 1.29 is 14.9 Å². The molecule has 0 aromatic rings. The van der Waals surface area contributed by atoms with E-state index >= 15 is 0 Å². The van der Waals surface area contributed by atoms with E-state index in [0.717, 1.165) is 12.8 Å². The zero-order chi connectivity index (χ0) is 22.2. The Morgan fingerprint density at radius 2 is 1.68 bits per heavy atom. The number of aliphatic hydroxyl groups is 1. The molecule has 4 fully saturated rings. The van der Waals surface area contributed by atoms with E-state index in [2.05, 4.69) is 65.8 Å². The van der Waals surface area contributed by atoms with E-state index in [4.69, 9.17) is 9.78 Å². The predicted octanol–water partition coefficient (Wildman–Crippen LogP) is 6.47. The molecule has 6 aliphatic rings. The van der Waals surface area contributed by atoms with Crippen molar-refractivity contribution in [2.45, 2.75) is 104 Å². The second-order valence-electron chi connectivity index (χ2n) is 12.7. The second-order valence-corrected chi connectivity index (χ2v) is 12.7. The van der Waals surface area contributed by atoms with Gasteiger partial charge in [0.2, 0.25) is 0 Å². The first-order valence-electron chi connectivity index (χ1n) is 13.0. The van der Waals surface area contributed by atoms with Gasteiger partial charge in [-0.25, -0.2) is 9.78 Å². The van der Waals surface area contributed by atoms with Crippen LogP contribution in [-0.4, -0.2) is 22.4 Å². The summed E-state index contributed by atoms with van der Waals surface area (Å²) in [6.07, 6.45) is 17.0. The third kappa shape index (κ3) is 2.88. The first-order chi connectivity index (χ1) is 14.6. The van der Waals surface area contributed by atoms with Gasteiger partial charge in [-0.1, -0.05) is 59.8 Å². The van der Waals surface area contributed by atoms with Crippen molar-refractivity contribution >= 4 is 0 Å². The van der Waals surface area contributed by atoms with Gasteiger partial charge in [-0.15, -0.1) is 0 Å². The summed E-state index contributed by atoms with van der Waals surface area (Å²) in [5.74, 6) is 3.64. The van der Waals surface area contributed by atoms with E-state index in [1.165, 1.54) is 25.7 Å². The van der Waals surface area contributed by atoms with Crippen LogP contribution in [0.25, 0.3) is 0 Å². The Labute approximate surface area is 189 Å². The van der Waals surface area contributed by atoms with Crippen molar-refractivity contribution in [3.8, 4) is 0 Å². The maximum Gasteiger partial charge on any atom is 0.130 e. The van der Waals surface area contributed by atoms with Gasteiger partial charge in [-0.3, -0.25) is 0 Å². The van der Waals surface area contributed by atoms with Gasteiger partial charge in [-0.2, -0.15) is 0 Å². The van der Waals surface area contributed by atoms with Crippen LogP contribution in [0.5, 0.6) is 0 Å². The highest BCUT2D eigenvalue weighted by molar-refractivity contribution is 5.33. The van der Waals surface area contributed by atoms with Crippen LogP contribution < -0.4 is 0 Å². The number of hydrogen-bond donors (Lipinski definition) is 1. The number of allylic oxidation sites excluding steroid dienone is 2. The minimum absolute atomic E-state index is 0.0663. The first kappa shape index (κ1) is 22.2. The zero-order valence-corrected chi connectivity index (χ0v) is 20.6. The van der Waals surface area contributed by atoms with Gasteiger partial charge in [0.05, 0.1) is 6.10 Å². The summed E-state index contributed by atoms with van der Waals surface area (Å²) in [4.78, 5) is 12.8. The Hall–Kier alpha value is -0.640. The zero-order valence-electron chi connectivity index (χ0n) is 20.6. The molecule has 0 radical (unpaired) electrons.